The van der Waals surface area contributed by atoms with Gasteiger partial charge in [-0.15, -0.1) is 0 Å². The van der Waals surface area contributed by atoms with Crippen molar-refractivity contribution < 1.29 is 22.8 Å². The third-order valence-corrected chi connectivity index (χ3v) is 7.47. The Bertz CT molecular complexity index is 1150. The molecule has 2 aromatic rings. The van der Waals surface area contributed by atoms with Gasteiger partial charge < -0.3 is 10.2 Å². The van der Waals surface area contributed by atoms with Crippen LogP contribution in [0.4, 0.5) is 23.7 Å². The molecule has 0 saturated carbocycles. The number of amides is 3. The van der Waals surface area contributed by atoms with E-state index in [-0.39, 0.29) is 25.7 Å². The summed E-state index contributed by atoms with van der Waals surface area (Å²) in [5.74, 6) is -1.79. The number of carbonyl (C=O) groups is 2. The number of carbonyl (C=O) groups excluding carboxylic acids is 2. The van der Waals surface area contributed by atoms with Gasteiger partial charge >= 0.3 is 18.1 Å². The second-order valence-electron chi connectivity index (χ2n) is 9.29. The van der Waals surface area contributed by atoms with Gasteiger partial charge in [-0.2, -0.15) is 13.2 Å². The second kappa shape index (κ2) is 8.45. The van der Waals surface area contributed by atoms with Gasteiger partial charge in [0, 0.05) is 43.5 Å². The molecule has 2 aliphatic heterocycles. The summed E-state index contributed by atoms with van der Waals surface area (Å²) in [5.41, 5.74) is 4.65. The van der Waals surface area contributed by atoms with Crippen LogP contribution >= 0.6 is 11.6 Å². The Hall–Kier alpha value is -2.81. The number of halogens is 4. The van der Waals surface area contributed by atoms with E-state index in [1.165, 1.54) is 11.1 Å². The van der Waals surface area contributed by atoms with Gasteiger partial charge in [0.1, 0.15) is 5.15 Å². The molecule has 1 aromatic carbocycles. The number of nitrogens with one attached hydrogen (secondary N) is 1. The van der Waals surface area contributed by atoms with Gasteiger partial charge in [0.25, 0.3) is 0 Å². The van der Waals surface area contributed by atoms with Crippen molar-refractivity contribution in [2.45, 2.75) is 50.2 Å². The quantitative estimate of drug-likeness (QED) is 0.633. The first kappa shape index (κ1) is 23.0. The number of fused-ring (bicyclic) bond motifs is 3. The fraction of sp³-hybridized carbons (Fsp3) is 0.458. The Morgan fingerprint density at radius 3 is 2.50 bits per heavy atom. The SMILES string of the molecule is O=C(NCc1ccnc(Cl)c1)N1CC2(CCN(C(=O)C(F)(F)F)CC2)c2cc3c(cc21)CCC3. The van der Waals surface area contributed by atoms with Gasteiger partial charge in [-0.3, -0.25) is 9.69 Å². The van der Waals surface area contributed by atoms with Crippen LogP contribution in [0.3, 0.4) is 0 Å². The van der Waals surface area contributed by atoms with Crippen LogP contribution < -0.4 is 10.2 Å². The van der Waals surface area contributed by atoms with E-state index in [0.717, 1.165) is 41.0 Å². The minimum Gasteiger partial charge on any atom is -0.335 e. The molecular weight excluding hydrogens is 469 g/mol. The number of anilines is 1. The number of nitrogens with zero attached hydrogens (tertiary/aromatic N) is 3. The van der Waals surface area contributed by atoms with E-state index in [1.807, 2.05) is 0 Å². The highest BCUT2D eigenvalue weighted by molar-refractivity contribution is 6.29. The van der Waals surface area contributed by atoms with Crippen molar-refractivity contribution in [2.75, 3.05) is 24.5 Å². The van der Waals surface area contributed by atoms with E-state index < -0.39 is 17.5 Å². The molecule has 3 amide bonds. The number of pyridine rings is 1. The highest BCUT2D eigenvalue weighted by Gasteiger charge is 2.50. The fourth-order valence-electron chi connectivity index (χ4n) is 5.48. The third-order valence-electron chi connectivity index (χ3n) is 7.26. The highest BCUT2D eigenvalue weighted by Crippen LogP contribution is 2.49. The van der Waals surface area contributed by atoms with Crippen LogP contribution in [0.25, 0.3) is 0 Å². The molecule has 5 rings (SSSR count). The smallest absolute Gasteiger partial charge is 0.335 e. The summed E-state index contributed by atoms with van der Waals surface area (Å²) in [7, 11) is 0. The molecule has 3 heterocycles. The number of hydrogen-bond acceptors (Lipinski definition) is 3. The molecule has 3 aliphatic rings. The Balaban J connectivity index is 1.39. The van der Waals surface area contributed by atoms with Crippen LogP contribution in [-0.4, -0.2) is 47.6 Å². The first-order chi connectivity index (χ1) is 16.2. The van der Waals surface area contributed by atoms with Crippen LogP contribution in [0.1, 0.15) is 41.5 Å². The molecule has 10 heteroatoms. The van der Waals surface area contributed by atoms with Crippen LogP contribution in [-0.2, 0) is 29.6 Å². The first-order valence-electron chi connectivity index (χ1n) is 11.3. The van der Waals surface area contributed by atoms with Crippen molar-refractivity contribution in [2.24, 2.45) is 0 Å². The van der Waals surface area contributed by atoms with Crippen molar-refractivity contribution in [3.8, 4) is 0 Å². The molecule has 0 atom stereocenters. The molecule has 1 aromatic heterocycles. The fourth-order valence-corrected chi connectivity index (χ4v) is 5.68. The maximum absolute atomic E-state index is 13.2. The monoisotopic (exact) mass is 492 g/mol. The lowest BCUT2D eigenvalue weighted by Crippen LogP contribution is -2.51. The van der Waals surface area contributed by atoms with Crippen molar-refractivity contribution in [1.82, 2.24) is 15.2 Å². The lowest BCUT2D eigenvalue weighted by molar-refractivity contribution is -0.186. The molecule has 1 fully saturated rings. The summed E-state index contributed by atoms with van der Waals surface area (Å²) in [4.78, 5) is 31.5. The molecule has 1 saturated heterocycles. The topological polar surface area (TPSA) is 65.5 Å². The number of urea groups is 1. The van der Waals surface area contributed by atoms with Gasteiger partial charge in [-0.1, -0.05) is 17.7 Å². The van der Waals surface area contributed by atoms with Crippen LogP contribution in [0.2, 0.25) is 5.15 Å². The molecule has 1 aliphatic carbocycles. The summed E-state index contributed by atoms with van der Waals surface area (Å²) < 4.78 is 38.8. The summed E-state index contributed by atoms with van der Waals surface area (Å²) in [6.45, 7) is 0.681. The highest BCUT2D eigenvalue weighted by atomic mass is 35.5. The van der Waals surface area contributed by atoms with E-state index in [1.54, 1.807) is 23.2 Å². The summed E-state index contributed by atoms with van der Waals surface area (Å²) in [6, 6.07) is 7.41. The third kappa shape index (κ3) is 4.10. The van der Waals surface area contributed by atoms with E-state index in [2.05, 4.69) is 22.4 Å². The van der Waals surface area contributed by atoms with E-state index in [4.69, 9.17) is 11.6 Å². The normalized spacial score (nSPS) is 18.7. The average molecular weight is 493 g/mol. The number of hydrogen-bond donors (Lipinski definition) is 1. The van der Waals surface area contributed by atoms with Crippen LogP contribution in [0.5, 0.6) is 0 Å². The predicted octanol–water partition coefficient (Wildman–Crippen LogP) is 4.38. The van der Waals surface area contributed by atoms with Crippen molar-refractivity contribution in [3.05, 3.63) is 57.9 Å². The summed E-state index contributed by atoms with van der Waals surface area (Å²) in [6.07, 6.45) is 0.424. The molecule has 34 heavy (non-hydrogen) atoms. The molecular formula is C24H24ClF3N4O2. The number of rotatable bonds is 2. The zero-order chi connectivity index (χ0) is 24.1. The van der Waals surface area contributed by atoms with Crippen molar-refractivity contribution in [1.29, 1.82) is 0 Å². The van der Waals surface area contributed by atoms with Crippen molar-refractivity contribution >= 4 is 29.2 Å². The zero-order valence-corrected chi connectivity index (χ0v) is 19.2. The predicted molar refractivity (Wildman–Crippen MR) is 121 cm³/mol. The van der Waals surface area contributed by atoms with E-state index >= 15 is 0 Å². The van der Waals surface area contributed by atoms with Gasteiger partial charge in [0.2, 0.25) is 0 Å². The molecule has 0 unspecified atom stereocenters. The molecule has 6 nitrogen and oxygen atoms in total. The minimum absolute atomic E-state index is 0.0137. The number of aryl methyl sites for hydroxylation is 2. The number of likely N-dealkylation sites (tertiary alicyclic amines) is 1. The van der Waals surface area contributed by atoms with Crippen LogP contribution in [0, 0.1) is 0 Å². The van der Waals surface area contributed by atoms with E-state index in [0.29, 0.717) is 24.5 Å². The molecule has 1 spiro atoms. The standard InChI is InChI=1S/C24H24ClF3N4O2/c25-20-10-15(4-7-29-20)13-30-22(34)32-14-23(5-8-31(9-6-23)21(33)24(26,27)28)18-11-16-2-1-3-17(16)12-19(18)32/h4,7,10-12H,1-3,5-6,8-9,13-14H2,(H,30,34). The Labute approximate surface area is 200 Å². The Kier molecular flexibility index (Phi) is 5.70. The zero-order valence-electron chi connectivity index (χ0n) is 18.4. The second-order valence-corrected chi connectivity index (χ2v) is 9.68. The minimum atomic E-state index is -4.87. The summed E-state index contributed by atoms with van der Waals surface area (Å²) in [5, 5.41) is 3.27. The molecule has 180 valence electrons. The van der Waals surface area contributed by atoms with E-state index in [9.17, 15) is 22.8 Å². The molecule has 0 bridgehead atoms. The van der Waals surface area contributed by atoms with Crippen LogP contribution in [0.15, 0.2) is 30.5 Å². The number of piperidine rings is 1. The number of alkyl halides is 3. The molecule has 1 N–H and O–H groups in total. The van der Waals surface area contributed by atoms with Crippen molar-refractivity contribution in [3.63, 3.8) is 0 Å². The average Bonchev–Trinajstić information content (AvgIpc) is 3.38. The Morgan fingerprint density at radius 1 is 1.12 bits per heavy atom. The number of aromatic nitrogens is 1. The Morgan fingerprint density at radius 2 is 1.82 bits per heavy atom. The first-order valence-corrected chi connectivity index (χ1v) is 11.7. The maximum atomic E-state index is 13.2. The maximum Gasteiger partial charge on any atom is 0.471 e. The largest absolute Gasteiger partial charge is 0.471 e. The summed E-state index contributed by atoms with van der Waals surface area (Å²) >= 11 is 5.94. The van der Waals surface area contributed by atoms with Gasteiger partial charge in [-0.25, -0.2) is 9.78 Å². The van der Waals surface area contributed by atoms with Gasteiger partial charge in [-0.05, 0) is 72.6 Å². The lowest BCUT2D eigenvalue weighted by atomic mass is 9.73. The molecule has 0 radical (unpaired) electrons. The number of benzene rings is 1. The van der Waals surface area contributed by atoms with Gasteiger partial charge in [0.15, 0.2) is 0 Å². The lowest BCUT2D eigenvalue weighted by Gasteiger charge is -2.40. The van der Waals surface area contributed by atoms with Gasteiger partial charge in [0.05, 0.1) is 0 Å².